The molecule has 0 amide bonds. The highest BCUT2D eigenvalue weighted by atomic mass is 32.1. The van der Waals surface area contributed by atoms with E-state index in [4.69, 9.17) is 14.7 Å². The Labute approximate surface area is 108 Å². The summed E-state index contributed by atoms with van der Waals surface area (Å²) in [5.41, 5.74) is 2.94. The molecule has 0 spiro atoms. The van der Waals surface area contributed by atoms with Crippen LogP contribution in [0.3, 0.4) is 0 Å². The van der Waals surface area contributed by atoms with Crippen molar-refractivity contribution in [1.82, 2.24) is 4.98 Å². The normalized spacial score (nSPS) is 12.4. The standard InChI is InChI=1S/C13H10N2O2S/c1-8-4-11-12(17-7-16-11)5-10(8)13-15-9(2-3-14)6-18-13/h4-6H,2,7H2,1H3. The van der Waals surface area contributed by atoms with Gasteiger partial charge in [-0.25, -0.2) is 4.98 Å². The number of hydrogen-bond donors (Lipinski definition) is 0. The van der Waals surface area contributed by atoms with Gasteiger partial charge in [0.15, 0.2) is 11.5 Å². The van der Waals surface area contributed by atoms with Crippen molar-refractivity contribution < 1.29 is 9.47 Å². The first-order valence-electron chi connectivity index (χ1n) is 5.50. The van der Waals surface area contributed by atoms with Crippen LogP contribution in [0.15, 0.2) is 17.5 Å². The van der Waals surface area contributed by atoms with Crippen LogP contribution < -0.4 is 9.47 Å². The van der Waals surface area contributed by atoms with Crippen molar-refractivity contribution >= 4 is 11.3 Å². The fraction of sp³-hybridized carbons (Fsp3) is 0.231. The van der Waals surface area contributed by atoms with Crippen LogP contribution in [0.4, 0.5) is 0 Å². The second kappa shape index (κ2) is 4.31. The Kier molecular flexibility index (Phi) is 2.65. The number of thiazole rings is 1. The Morgan fingerprint density at radius 2 is 2.17 bits per heavy atom. The Morgan fingerprint density at radius 3 is 2.94 bits per heavy atom. The number of hydrogen-bond acceptors (Lipinski definition) is 5. The number of aryl methyl sites for hydroxylation is 1. The lowest BCUT2D eigenvalue weighted by molar-refractivity contribution is 0.174. The first kappa shape index (κ1) is 11.1. The summed E-state index contributed by atoms with van der Waals surface area (Å²) in [5, 5.41) is 11.5. The van der Waals surface area contributed by atoms with E-state index >= 15 is 0 Å². The van der Waals surface area contributed by atoms with Crippen LogP contribution in [0, 0.1) is 18.3 Å². The summed E-state index contributed by atoms with van der Waals surface area (Å²) < 4.78 is 10.7. The fourth-order valence-electron chi connectivity index (χ4n) is 1.87. The van der Waals surface area contributed by atoms with Gasteiger partial charge in [-0.2, -0.15) is 5.26 Å². The smallest absolute Gasteiger partial charge is 0.231 e. The summed E-state index contributed by atoms with van der Waals surface area (Å²) in [7, 11) is 0. The van der Waals surface area contributed by atoms with E-state index < -0.39 is 0 Å². The molecule has 3 rings (SSSR count). The molecule has 0 atom stereocenters. The second-order valence-corrected chi connectivity index (χ2v) is 4.86. The summed E-state index contributed by atoms with van der Waals surface area (Å²) in [4.78, 5) is 4.46. The molecule has 0 fully saturated rings. The van der Waals surface area contributed by atoms with E-state index in [9.17, 15) is 0 Å². The predicted molar refractivity (Wildman–Crippen MR) is 67.7 cm³/mol. The van der Waals surface area contributed by atoms with Gasteiger partial charge in [0.1, 0.15) is 5.01 Å². The molecule has 2 aromatic rings. The topological polar surface area (TPSA) is 55.1 Å². The van der Waals surface area contributed by atoms with Crippen LogP contribution in [0.5, 0.6) is 11.5 Å². The summed E-state index contributed by atoms with van der Waals surface area (Å²) in [6, 6.07) is 6.02. The SMILES string of the molecule is Cc1cc2c(cc1-c1nc(CC#N)cs1)OCO2. The molecule has 1 aromatic heterocycles. The fourth-order valence-corrected chi connectivity index (χ4v) is 2.77. The van der Waals surface area contributed by atoms with Gasteiger partial charge in [-0.15, -0.1) is 11.3 Å². The van der Waals surface area contributed by atoms with Crippen LogP contribution in [-0.2, 0) is 6.42 Å². The maximum atomic E-state index is 8.66. The van der Waals surface area contributed by atoms with E-state index in [-0.39, 0.29) is 6.79 Å². The third-order valence-corrected chi connectivity index (χ3v) is 3.69. The summed E-state index contributed by atoms with van der Waals surface area (Å²) in [6.07, 6.45) is 0.347. The van der Waals surface area contributed by atoms with Gasteiger partial charge in [-0.1, -0.05) is 0 Å². The Hall–Kier alpha value is -2.06. The van der Waals surface area contributed by atoms with Crippen LogP contribution in [0.1, 0.15) is 11.3 Å². The van der Waals surface area contributed by atoms with Crippen molar-refractivity contribution in [3.05, 3.63) is 28.8 Å². The third kappa shape index (κ3) is 1.81. The predicted octanol–water partition coefficient (Wildman–Crippen LogP) is 2.91. The molecule has 0 N–H and O–H groups in total. The maximum Gasteiger partial charge on any atom is 0.231 e. The third-order valence-electron chi connectivity index (χ3n) is 2.76. The Bertz CT molecular complexity index is 643. The number of rotatable bonds is 2. The molecule has 90 valence electrons. The Morgan fingerprint density at radius 1 is 1.39 bits per heavy atom. The van der Waals surface area contributed by atoms with E-state index in [0.29, 0.717) is 6.42 Å². The van der Waals surface area contributed by atoms with Crippen LogP contribution in [-0.4, -0.2) is 11.8 Å². The van der Waals surface area contributed by atoms with E-state index in [1.54, 1.807) is 11.3 Å². The van der Waals surface area contributed by atoms with Crippen LogP contribution >= 0.6 is 11.3 Å². The average Bonchev–Trinajstić information content (AvgIpc) is 2.96. The van der Waals surface area contributed by atoms with Gasteiger partial charge >= 0.3 is 0 Å². The highest BCUT2D eigenvalue weighted by Crippen LogP contribution is 2.39. The number of aromatic nitrogens is 1. The molecule has 1 aromatic carbocycles. The van der Waals surface area contributed by atoms with E-state index in [0.717, 1.165) is 33.3 Å². The van der Waals surface area contributed by atoms with Crippen molar-refractivity contribution in [2.45, 2.75) is 13.3 Å². The molecule has 0 radical (unpaired) electrons. The quantitative estimate of drug-likeness (QED) is 0.831. The lowest BCUT2D eigenvalue weighted by Crippen LogP contribution is -1.92. The summed E-state index contributed by atoms with van der Waals surface area (Å²) in [6.45, 7) is 2.29. The zero-order chi connectivity index (χ0) is 12.5. The lowest BCUT2D eigenvalue weighted by atomic mass is 10.1. The van der Waals surface area contributed by atoms with Gasteiger partial charge < -0.3 is 9.47 Å². The molecule has 0 saturated heterocycles. The van der Waals surface area contributed by atoms with Gasteiger partial charge in [0, 0.05) is 10.9 Å². The molecule has 0 bridgehead atoms. The maximum absolute atomic E-state index is 8.66. The first-order chi connectivity index (χ1) is 8.78. The molecule has 1 aliphatic rings. The number of nitrogens with zero attached hydrogens (tertiary/aromatic N) is 2. The monoisotopic (exact) mass is 258 g/mol. The molecule has 0 aliphatic carbocycles. The highest BCUT2D eigenvalue weighted by Gasteiger charge is 2.17. The minimum atomic E-state index is 0.274. The van der Waals surface area contributed by atoms with Gasteiger partial charge in [-0.05, 0) is 24.6 Å². The van der Waals surface area contributed by atoms with Gasteiger partial charge in [0.05, 0.1) is 18.2 Å². The number of benzene rings is 1. The zero-order valence-electron chi connectivity index (χ0n) is 9.77. The average molecular weight is 258 g/mol. The lowest BCUT2D eigenvalue weighted by Gasteiger charge is -2.04. The summed E-state index contributed by atoms with van der Waals surface area (Å²) in [5.74, 6) is 1.54. The number of ether oxygens (including phenoxy) is 2. The highest BCUT2D eigenvalue weighted by molar-refractivity contribution is 7.13. The van der Waals surface area contributed by atoms with Crippen molar-refractivity contribution in [3.63, 3.8) is 0 Å². The van der Waals surface area contributed by atoms with Crippen molar-refractivity contribution in [2.24, 2.45) is 0 Å². The van der Waals surface area contributed by atoms with E-state index in [1.165, 1.54) is 0 Å². The van der Waals surface area contributed by atoms with Crippen molar-refractivity contribution in [1.29, 1.82) is 5.26 Å². The van der Waals surface area contributed by atoms with E-state index in [1.807, 2.05) is 24.4 Å². The van der Waals surface area contributed by atoms with Gasteiger partial charge in [0.25, 0.3) is 0 Å². The molecule has 4 nitrogen and oxygen atoms in total. The van der Waals surface area contributed by atoms with Crippen LogP contribution in [0.25, 0.3) is 10.6 Å². The largest absolute Gasteiger partial charge is 0.454 e. The number of nitriles is 1. The van der Waals surface area contributed by atoms with Gasteiger partial charge in [0.2, 0.25) is 6.79 Å². The summed E-state index contributed by atoms with van der Waals surface area (Å²) >= 11 is 1.54. The van der Waals surface area contributed by atoms with Crippen LogP contribution in [0.2, 0.25) is 0 Å². The van der Waals surface area contributed by atoms with E-state index in [2.05, 4.69) is 11.1 Å². The molecule has 0 saturated carbocycles. The molecule has 0 unspecified atom stereocenters. The molecule has 1 aliphatic heterocycles. The van der Waals surface area contributed by atoms with Gasteiger partial charge in [-0.3, -0.25) is 0 Å². The minimum absolute atomic E-state index is 0.274. The van der Waals surface area contributed by atoms with Crippen molar-refractivity contribution in [2.75, 3.05) is 6.79 Å². The zero-order valence-corrected chi connectivity index (χ0v) is 10.6. The Balaban J connectivity index is 2.03. The number of fused-ring (bicyclic) bond motifs is 1. The molecular weight excluding hydrogens is 248 g/mol. The molecule has 5 heteroatoms. The molecular formula is C13H10N2O2S. The second-order valence-electron chi connectivity index (χ2n) is 4.00. The minimum Gasteiger partial charge on any atom is -0.454 e. The molecule has 18 heavy (non-hydrogen) atoms. The first-order valence-corrected chi connectivity index (χ1v) is 6.38. The molecule has 2 heterocycles. The van der Waals surface area contributed by atoms with Crippen molar-refractivity contribution in [3.8, 4) is 28.1 Å².